The Balaban J connectivity index is 2.16. The Kier molecular flexibility index (Phi) is 7.93. The van der Waals surface area contributed by atoms with Crippen LogP contribution in [0.4, 0.5) is 0 Å². The molecular formula is C28H32N2O6. The number of rotatable bonds is 9. The van der Waals surface area contributed by atoms with Crippen LogP contribution in [-0.4, -0.2) is 55.4 Å². The van der Waals surface area contributed by atoms with Crippen molar-refractivity contribution < 1.29 is 28.9 Å². The van der Waals surface area contributed by atoms with E-state index in [9.17, 15) is 20.0 Å². The van der Waals surface area contributed by atoms with Crippen LogP contribution in [0.5, 0.6) is 11.5 Å². The second-order valence-corrected chi connectivity index (χ2v) is 8.93. The molecule has 1 aliphatic heterocycles. The lowest BCUT2D eigenvalue weighted by molar-refractivity contribution is -0.174. The molecule has 0 aromatic heterocycles. The van der Waals surface area contributed by atoms with Crippen molar-refractivity contribution in [2.75, 3.05) is 27.9 Å². The summed E-state index contributed by atoms with van der Waals surface area (Å²) in [5, 5.41) is 21.1. The second-order valence-electron chi connectivity index (χ2n) is 8.93. The normalized spacial score (nSPS) is 23.3. The van der Waals surface area contributed by atoms with Crippen LogP contribution in [-0.2, 0) is 20.7 Å². The van der Waals surface area contributed by atoms with Crippen LogP contribution in [0, 0.1) is 16.7 Å². The van der Waals surface area contributed by atoms with Crippen molar-refractivity contribution in [2.45, 2.75) is 38.1 Å². The maximum absolute atomic E-state index is 13.4. The average molecular weight is 493 g/mol. The summed E-state index contributed by atoms with van der Waals surface area (Å²) in [6.45, 7) is 3.67. The first-order valence-electron chi connectivity index (χ1n) is 11.7. The van der Waals surface area contributed by atoms with Gasteiger partial charge in [0.25, 0.3) is 0 Å². The van der Waals surface area contributed by atoms with Crippen LogP contribution >= 0.6 is 0 Å². The molecule has 190 valence electrons. The van der Waals surface area contributed by atoms with E-state index in [1.54, 1.807) is 29.2 Å². The Bertz CT molecular complexity index is 1190. The lowest BCUT2D eigenvalue weighted by atomic mass is 9.58. The van der Waals surface area contributed by atoms with Crippen molar-refractivity contribution >= 4 is 11.9 Å². The Hall–Kier alpha value is -3.99. The molecule has 1 N–H and O–H groups in total. The molecule has 0 saturated heterocycles. The van der Waals surface area contributed by atoms with Gasteiger partial charge in [-0.1, -0.05) is 42.5 Å². The molecule has 3 rings (SSSR count). The van der Waals surface area contributed by atoms with Crippen LogP contribution in [0.3, 0.4) is 0 Å². The quantitative estimate of drug-likeness (QED) is 0.520. The molecule has 0 fully saturated rings. The van der Waals surface area contributed by atoms with Gasteiger partial charge in [-0.05, 0) is 49.9 Å². The van der Waals surface area contributed by atoms with E-state index in [4.69, 9.17) is 14.2 Å². The first-order valence-corrected chi connectivity index (χ1v) is 11.7. The highest BCUT2D eigenvalue weighted by Gasteiger charge is 2.68. The van der Waals surface area contributed by atoms with E-state index in [-0.39, 0.29) is 0 Å². The van der Waals surface area contributed by atoms with Crippen molar-refractivity contribution in [3.05, 3.63) is 71.4 Å². The lowest BCUT2D eigenvalue weighted by Crippen LogP contribution is -2.69. The summed E-state index contributed by atoms with van der Waals surface area (Å²) in [5.41, 5.74) is -1.68. The topological polar surface area (TPSA) is 109 Å². The Labute approximate surface area is 211 Å². The Morgan fingerprint density at radius 1 is 1.08 bits per heavy atom. The first-order chi connectivity index (χ1) is 17.2. The number of aryl methyl sites for hydroxylation is 1. The van der Waals surface area contributed by atoms with Gasteiger partial charge in [0.2, 0.25) is 0 Å². The molecular weight excluding hydrogens is 460 g/mol. The summed E-state index contributed by atoms with van der Waals surface area (Å²) in [6, 6.07) is 16.9. The highest BCUT2D eigenvalue weighted by molar-refractivity contribution is 5.95. The molecule has 36 heavy (non-hydrogen) atoms. The molecule has 2 aromatic rings. The van der Waals surface area contributed by atoms with Crippen molar-refractivity contribution in [2.24, 2.45) is 5.41 Å². The predicted molar refractivity (Wildman–Crippen MR) is 134 cm³/mol. The van der Waals surface area contributed by atoms with Crippen LogP contribution in [0.15, 0.2) is 60.3 Å². The SMILES string of the molecule is COC(=O)C1(C)N(CCCc2ccccc2)C(C)=CC(c2ccc(OC)c(OC)c2)C1(C#N)C(=O)O. The summed E-state index contributed by atoms with van der Waals surface area (Å²) in [5.74, 6) is -2.30. The second kappa shape index (κ2) is 10.7. The van der Waals surface area contributed by atoms with Gasteiger partial charge >= 0.3 is 11.9 Å². The van der Waals surface area contributed by atoms with Crippen molar-refractivity contribution in [3.63, 3.8) is 0 Å². The molecule has 0 amide bonds. The number of benzene rings is 2. The standard InChI is InChI=1S/C28H32N2O6/c1-19-16-22(21-13-14-23(34-3)24(17-21)35-4)28(18-29,25(31)32)27(2,26(33)36-5)30(19)15-9-12-20-10-7-6-8-11-20/h6-8,10-11,13-14,16-17,22H,9,12,15H2,1-5H3,(H,31,32). The number of carboxylic acids is 1. The van der Waals surface area contributed by atoms with Gasteiger partial charge in [-0.3, -0.25) is 4.79 Å². The third kappa shape index (κ3) is 4.26. The molecule has 3 atom stereocenters. The fraction of sp³-hybridized carbons (Fsp3) is 0.393. The minimum absolute atomic E-state index is 0.359. The molecule has 8 nitrogen and oxygen atoms in total. The summed E-state index contributed by atoms with van der Waals surface area (Å²) in [6.07, 6.45) is 3.11. The molecule has 0 spiro atoms. The van der Waals surface area contributed by atoms with Gasteiger partial charge in [0, 0.05) is 18.2 Å². The number of carbonyl (C=O) groups is 2. The number of nitrogens with zero attached hydrogens (tertiary/aromatic N) is 2. The zero-order valence-corrected chi connectivity index (χ0v) is 21.3. The van der Waals surface area contributed by atoms with E-state index in [2.05, 4.69) is 0 Å². The van der Waals surface area contributed by atoms with E-state index in [0.717, 1.165) is 12.0 Å². The smallest absolute Gasteiger partial charge is 0.333 e. The van der Waals surface area contributed by atoms with E-state index < -0.39 is 28.8 Å². The molecule has 0 bridgehead atoms. The number of esters is 1. The summed E-state index contributed by atoms with van der Waals surface area (Å²) >= 11 is 0. The number of carbonyl (C=O) groups excluding carboxylic acids is 1. The Morgan fingerprint density at radius 2 is 1.75 bits per heavy atom. The van der Waals surface area contributed by atoms with Gasteiger partial charge in [-0.15, -0.1) is 0 Å². The maximum atomic E-state index is 13.4. The Morgan fingerprint density at radius 3 is 2.31 bits per heavy atom. The van der Waals surface area contributed by atoms with Crippen molar-refractivity contribution in [1.82, 2.24) is 4.90 Å². The molecule has 2 aromatic carbocycles. The van der Waals surface area contributed by atoms with Gasteiger partial charge < -0.3 is 24.2 Å². The zero-order valence-electron chi connectivity index (χ0n) is 21.3. The molecule has 0 radical (unpaired) electrons. The number of aliphatic carboxylic acids is 1. The highest BCUT2D eigenvalue weighted by Crippen LogP contribution is 2.54. The van der Waals surface area contributed by atoms with E-state index in [1.165, 1.54) is 28.3 Å². The maximum Gasteiger partial charge on any atom is 0.333 e. The van der Waals surface area contributed by atoms with E-state index in [0.29, 0.717) is 35.7 Å². The average Bonchev–Trinajstić information content (AvgIpc) is 2.89. The first kappa shape index (κ1) is 26.6. The monoisotopic (exact) mass is 492 g/mol. The van der Waals surface area contributed by atoms with Crippen LogP contribution < -0.4 is 9.47 Å². The van der Waals surface area contributed by atoms with Crippen molar-refractivity contribution in [3.8, 4) is 17.6 Å². The molecule has 1 aliphatic rings. The van der Waals surface area contributed by atoms with Crippen molar-refractivity contribution in [1.29, 1.82) is 5.26 Å². The predicted octanol–water partition coefficient (Wildman–Crippen LogP) is 4.17. The number of hydrogen-bond donors (Lipinski definition) is 1. The fourth-order valence-corrected chi connectivity index (χ4v) is 5.24. The van der Waals surface area contributed by atoms with Gasteiger partial charge in [-0.25, -0.2) is 4.79 Å². The summed E-state index contributed by atoms with van der Waals surface area (Å²) < 4.78 is 15.9. The molecule has 8 heteroatoms. The largest absolute Gasteiger partial charge is 0.493 e. The molecule has 0 aliphatic carbocycles. The molecule has 3 unspecified atom stereocenters. The summed E-state index contributed by atoms with van der Waals surface area (Å²) in [4.78, 5) is 28.1. The van der Waals surface area contributed by atoms with Crippen LogP contribution in [0.25, 0.3) is 0 Å². The van der Waals surface area contributed by atoms with Gasteiger partial charge in [0.15, 0.2) is 22.5 Å². The number of methoxy groups -OCH3 is 3. The minimum Gasteiger partial charge on any atom is -0.493 e. The number of allylic oxidation sites excluding steroid dienone is 2. The van der Waals surface area contributed by atoms with E-state index in [1.807, 2.05) is 43.3 Å². The van der Waals surface area contributed by atoms with Gasteiger partial charge in [0.05, 0.1) is 27.4 Å². The summed E-state index contributed by atoms with van der Waals surface area (Å²) in [7, 11) is 4.19. The van der Waals surface area contributed by atoms with Gasteiger partial charge in [0.1, 0.15) is 0 Å². The molecule has 0 saturated carbocycles. The lowest BCUT2D eigenvalue weighted by Gasteiger charge is -2.53. The third-order valence-corrected chi connectivity index (χ3v) is 7.16. The third-order valence-electron chi connectivity index (χ3n) is 7.16. The van der Waals surface area contributed by atoms with Crippen LogP contribution in [0.2, 0.25) is 0 Å². The molecule has 1 heterocycles. The van der Waals surface area contributed by atoms with Gasteiger partial charge in [-0.2, -0.15) is 5.26 Å². The number of ether oxygens (including phenoxy) is 3. The zero-order chi connectivity index (χ0) is 26.5. The fourth-order valence-electron chi connectivity index (χ4n) is 5.24. The minimum atomic E-state index is -2.19. The number of hydrogen-bond acceptors (Lipinski definition) is 7. The highest BCUT2D eigenvalue weighted by atomic mass is 16.5. The van der Waals surface area contributed by atoms with Crippen LogP contribution in [0.1, 0.15) is 37.3 Å². The van der Waals surface area contributed by atoms with E-state index >= 15 is 0 Å². The number of nitriles is 1. The number of carboxylic acid groups (broad SMARTS) is 1.